The van der Waals surface area contributed by atoms with Crippen molar-refractivity contribution in [2.75, 3.05) is 0 Å². The van der Waals surface area contributed by atoms with Gasteiger partial charge in [-0.25, -0.2) is 0 Å². The van der Waals surface area contributed by atoms with Gasteiger partial charge < -0.3 is 5.32 Å². The maximum atomic E-state index is 3.79. The molecule has 1 heteroatoms. The predicted octanol–water partition coefficient (Wildman–Crippen LogP) is 3.34. The Hall–Kier alpha value is -0.0400. The van der Waals surface area contributed by atoms with Crippen molar-refractivity contribution in [3.8, 4) is 0 Å². The maximum absolute atomic E-state index is 3.79. The Morgan fingerprint density at radius 2 is 1.77 bits per heavy atom. The highest BCUT2D eigenvalue weighted by atomic mass is 15.0. The summed E-state index contributed by atoms with van der Waals surface area (Å²) >= 11 is 0. The van der Waals surface area contributed by atoms with Gasteiger partial charge in [-0.3, -0.25) is 0 Å². The topological polar surface area (TPSA) is 12.0 Å². The molecule has 0 spiro atoms. The lowest BCUT2D eigenvalue weighted by Crippen LogP contribution is -2.31. The van der Waals surface area contributed by atoms with Crippen molar-refractivity contribution in [2.45, 2.75) is 71.4 Å². The molecule has 78 valence electrons. The number of hydrogen-bond donors (Lipinski definition) is 1. The van der Waals surface area contributed by atoms with Gasteiger partial charge in [-0.15, -0.1) is 0 Å². The molecule has 2 atom stereocenters. The van der Waals surface area contributed by atoms with Crippen LogP contribution in [0.15, 0.2) is 0 Å². The maximum Gasteiger partial charge on any atom is 0.0102 e. The molecule has 0 aromatic heterocycles. The van der Waals surface area contributed by atoms with Crippen LogP contribution in [-0.4, -0.2) is 12.1 Å². The predicted molar refractivity (Wildman–Crippen MR) is 58.9 cm³/mol. The second kappa shape index (κ2) is 5.64. The molecule has 1 saturated carbocycles. The van der Waals surface area contributed by atoms with Crippen molar-refractivity contribution >= 4 is 0 Å². The minimum Gasteiger partial charge on any atom is -0.311 e. The Morgan fingerprint density at radius 1 is 1.15 bits per heavy atom. The SMILES string of the molecule is CCCC(CCC)NC1CC1CC. The van der Waals surface area contributed by atoms with Gasteiger partial charge in [0.1, 0.15) is 0 Å². The van der Waals surface area contributed by atoms with E-state index in [2.05, 4.69) is 26.1 Å². The summed E-state index contributed by atoms with van der Waals surface area (Å²) in [6.07, 6.45) is 8.16. The molecular formula is C12H25N. The largest absolute Gasteiger partial charge is 0.311 e. The highest BCUT2D eigenvalue weighted by Crippen LogP contribution is 2.34. The molecule has 0 aliphatic heterocycles. The first kappa shape index (κ1) is 11.0. The Morgan fingerprint density at radius 3 is 2.15 bits per heavy atom. The summed E-state index contributed by atoms with van der Waals surface area (Å²) in [5.41, 5.74) is 0. The fourth-order valence-electron chi connectivity index (χ4n) is 2.21. The highest BCUT2D eigenvalue weighted by Gasteiger charge is 2.35. The van der Waals surface area contributed by atoms with Crippen LogP contribution in [-0.2, 0) is 0 Å². The first-order chi connectivity index (χ1) is 6.31. The van der Waals surface area contributed by atoms with Crippen LogP contribution in [0.5, 0.6) is 0 Å². The molecule has 1 N–H and O–H groups in total. The van der Waals surface area contributed by atoms with E-state index in [1.807, 2.05) is 0 Å². The molecule has 0 saturated heterocycles. The Balaban J connectivity index is 2.15. The van der Waals surface area contributed by atoms with E-state index in [0.717, 1.165) is 18.0 Å². The standard InChI is InChI=1S/C12H25N/c1-4-7-11(8-5-2)13-12-9-10(12)6-3/h10-13H,4-9H2,1-3H3. The van der Waals surface area contributed by atoms with Gasteiger partial charge in [0.05, 0.1) is 0 Å². The Kier molecular flexibility index (Phi) is 4.79. The van der Waals surface area contributed by atoms with E-state index in [0.29, 0.717) is 0 Å². The summed E-state index contributed by atoms with van der Waals surface area (Å²) < 4.78 is 0. The monoisotopic (exact) mass is 183 g/mol. The molecule has 1 nitrogen and oxygen atoms in total. The van der Waals surface area contributed by atoms with E-state index >= 15 is 0 Å². The van der Waals surface area contributed by atoms with Crippen molar-refractivity contribution in [3.63, 3.8) is 0 Å². The summed E-state index contributed by atoms with van der Waals surface area (Å²) in [4.78, 5) is 0. The number of hydrogen-bond acceptors (Lipinski definition) is 1. The van der Waals surface area contributed by atoms with Gasteiger partial charge in [-0.2, -0.15) is 0 Å². The van der Waals surface area contributed by atoms with Gasteiger partial charge in [-0.1, -0.05) is 40.0 Å². The van der Waals surface area contributed by atoms with Gasteiger partial charge in [-0.05, 0) is 25.2 Å². The number of rotatable bonds is 7. The highest BCUT2D eigenvalue weighted by molar-refractivity contribution is 4.93. The Bertz CT molecular complexity index is 127. The first-order valence-electron chi connectivity index (χ1n) is 6.07. The van der Waals surface area contributed by atoms with Crippen LogP contribution in [0.25, 0.3) is 0 Å². The molecule has 1 aliphatic carbocycles. The van der Waals surface area contributed by atoms with Crippen LogP contribution in [0.3, 0.4) is 0 Å². The second-order valence-corrected chi connectivity index (χ2v) is 4.45. The van der Waals surface area contributed by atoms with Crippen LogP contribution in [0.1, 0.15) is 59.3 Å². The fraction of sp³-hybridized carbons (Fsp3) is 1.00. The Labute approximate surface area is 83.3 Å². The van der Waals surface area contributed by atoms with E-state index < -0.39 is 0 Å². The van der Waals surface area contributed by atoms with Gasteiger partial charge in [0.25, 0.3) is 0 Å². The van der Waals surface area contributed by atoms with Gasteiger partial charge in [0.15, 0.2) is 0 Å². The van der Waals surface area contributed by atoms with E-state index in [9.17, 15) is 0 Å². The molecule has 0 radical (unpaired) electrons. The van der Waals surface area contributed by atoms with Crippen LogP contribution >= 0.6 is 0 Å². The molecule has 0 amide bonds. The first-order valence-corrected chi connectivity index (χ1v) is 6.07. The lowest BCUT2D eigenvalue weighted by atomic mass is 10.1. The summed E-state index contributed by atoms with van der Waals surface area (Å²) in [5.74, 6) is 0.996. The molecule has 0 heterocycles. The molecule has 1 fully saturated rings. The molecule has 13 heavy (non-hydrogen) atoms. The molecule has 0 aromatic rings. The summed E-state index contributed by atoms with van der Waals surface area (Å²) in [6, 6.07) is 1.67. The number of nitrogens with one attached hydrogen (secondary N) is 1. The average molecular weight is 183 g/mol. The third kappa shape index (κ3) is 3.68. The molecule has 1 aliphatic rings. The zero-order valence-corrected chi connectivity index (χ0v) is 9.47. The fourth-order valence-corrected chi connectivity index (χ4v) is 2.21. The second-order valence-electron chi connectivity index (χ2n) is 4.45. The average Bonchev–Trinajstić information content (AvgIpc) is 2.84. The van der Waals surface area contributed by atoms with Gasteiger partial charge in [0, 0.05) is 12.1 Å². The minimum atomic E-state index is 0.802. The minimum absolute atomic E-state index is 0.802. The molecular weight excluding hydrogens is 158 g/mol. The van der Waals surface area contributed by atoms with Crippen LogP contribution in [0.4, 0.5) is 0 Å². The van der Waals surface area contributed by atoms with Crippen molar-refractivity contribution in [1.29, 1.82) is 0 Å². The lowest BCUT2D eigenvalue weighted by molar-refractivity contribution is 0.430. The zero-order valence-electron chi connectivity index (χ0n) is 9.47. The van der Waals surface area contributed by atoms with Crippen molar-refractivity contribution in [3.05, 3.63) is 0 Å². The van der Waals surface area contributed by atoms with E-state index in [4.69, 9.17) is 0 Å². The van der Waals surface area contributed by atoms with Gasteiger partial charge in [0.2, 0.25) is 0 Å². The van der Waals surface area contributed by atoms with E-state index in [-0.39, 0.29) is 0 Å². The molecule has 0 aromatic carbocycles. The summed E-state index contributed by atoms with van der Waals surface area (Å²) in [7, 11) is 0. The molecule has 2 unspecified atom stereocenters. The smallest absolute Gasteiger partial charge is 0.0102 e. The normalized spacial score (nSPS) is 26.8. The van der Waals surface area contributed by atoms with Crippen molar-refractivity contribution in [1.82, 2.24) is 5.32 Å². The zero-order chi connectivity index (χ0) is 9.68. The molecule has 0 bridgehead atoms. The van der Waals surface area contributed by atoms with Crippen LogP contribution < -0.4 is 5.32 Å². The van der Waals surface area contributed by atoms with Crippen LogP contribution in [0.2, 0.25) is 0 Å². The van der Waals surface area contributed by atoms with Crippen LogP contribution in [0, 0.1) is 5.92 Å². The lowest BCUT2D eigenvalue weighted by Gasteiger charge is -2.17. The third-order valence-electron chi connectivity index (χ3n) is 3.17. The van der Waals surface area contributed by atoms with Crippen molar-refractivity contribution in [2.24, 2.45) is 5.92 Å². The third-order valence-corrected chi connectivity index (χ3v) is 3.17. The summed E-state index contributed by atoms with van der Waals surface area (Å²) in [6.45, 7) is 6.88. The van der Waals surface area contributed by atoms with Crippen molar-refractivity contribution < 1.29 is 0 Å². The van der Waals surface area contributed by atoms with E-state index in [1.54, 1.807) is 0 Å². The summed E-state index contributed by atoms with van der Waals surface area (Å²) in [5, 5.41) is 3.79. The molecule has 1 rings (SSSR count). The van der Waals surface area contributed by atoms with Gasteiger partial charge >= 0.3 is 0 Å². The quantitative estimate of drug-likeness (QED) is 0.638. The van der Waals surface area contributed by atoms with E-state index in [1.165, 1.54) is 38.5 Å².